The summed E-state index contributed by atoms with van der Waals surface area (Å²) in [6.07, 6.45) is 2.07. The summed E-state index contributed by atoms with van der Waals surface area (Å²) in [5, 5.41) is 3.32. The van der Waals surface area contributed by atoms with Gasteiger partial charge in [0.25, 0.3) is 0 Å². The molecule has 24 heavy (non-hydrogen) atoms. The number of methoxy groups -OCH3 is 2. The van der Waals surface area contributed by atoms with E-state index in [2.05, 4.69) is 17.0 Å². The fourth-order valence-corrected chi connectivity index (χ4v) is 4.31. The molecular formula is C16H27ClN2O4S. The van der Waals surface area contributed by atoms with Crippen molar-refractivity contribution in [3.05, 3.63) is 17.7 Å². The normalized spacial score (nSPS) is 21.0. The van der Waals surface area contributed by atoms with Gasteiger partial charge in [-0.05, 0) is 43.4 Å². The van der Waals surface area contributed by atoms with Crippen molar-refractivity contribution in [2.24, 2.45) is 5.41 Å². The lowest BCUT2D eigenvalue weighted by Crippen LogP contribution is -2.45. The molecule has 1 aliphatic heterocycles. The quantitative estimate of drug-likeness (QED) is 0.792. The van der Waals surface area contributed by atoms with Crippen LogP contribution in [-0.4, -0.2) is 42.3 Å². The lowest BCUT2D eigenvalue weighted by molar-refractivity contribution is 0.238. The van der Waals surface area contributed by atoms with Gasteiger partial charge in [-0.25, -0.2) is 13.1 Å². The van der Waals surface area contributed by atoms with E-state index in [1.54, 1.807) is 13.0 Å². The SMILES string of the molecule is COc1cc(C)c(S(=O)(=O)NCC2(C)CCCNC2)cc1OC.Cl. The lowest BCUT2D eigenvalue weighted by Gasteiger charge is -2.34. The third-order valence-electron chi connectivity index (χ3n) is 4.35. The van der Waals surface area contributed by atoms with Gasteiger partial charge in [0, 0.05) is 19.2 Å². The van der Waals surface area contributed by atoms with Gasteiger partial charge < -0.3 is 14.8 Å². The monoisotopic (exact) mass is 378 g/mol. The molecule has 8 heteroatoms. The number of piperidine rings is 1. The fraction of sp³-hybridized carbons (Fsp3) is 0.625. The molecule has 0 saturated carbocycles. The molecule has 0 aliphatic carbocycles. The van der Waals surface area contributed by atoms with Crippen LogP contribution in [0.3, 0.4) is 0 Å². The average molecular weight is 379 g/mol. The molecule has 1 aliphatic rings. The van der Waals surface area contributed by atoms with Crippen LogP contribution in [0.1, 0.15) is 25.3 Å². The van der Waals surface area contributed by atoms with E-state index in [9.17, 15) is 8.42 Å². The Hall–Kier alpha value is -1.02. The highest BCUT2D eigenvalue weighted by Crippen LogP contribution is 2.32. The molecule has 1 unspecified atom stereocenters. The van der Waals surface area contributed by atoms with Gasteiger partial charge in [-0.2, -0.15) is 0 Å². The molecule has 0 aromatic heterocycles. The first-order chi connectivity index (χ1) is 10.8. The summed E-state index contributed by atoms with van der Waals surface area (Å²) in [6, 6.07) is 3.19. The molecule has 0 bridgehead atoms. The molecule has 1 fully saturated rings. The van der Waals surface area contributed by atoms with Crippen LogP contribution in [0.15, 0.2) is 17.0 Å². The van der Waals surface area contributed by atoms with E-state index in [0.717, 1.165) is 25.9 Å². The number of hydrogen-bond acceptors (Lipinski definition) is 5. The third-order valence-corrected chi connectivity index (χ3v) is 5.89. The molecule has 2 N–H and O–H groups in total. The van der Waals surface area contributed by atoms with Crippen molar-refractivity contribution >= 4 is 22.4 Å². The molecule has 138 valence electrons. The summed E-state index contributed by atoms with van der Waals surface area (Å²) in [4.78, 5) is 0.225. The van der Waals surface area contributed by atoms with Gasteiger partial charge in [-0.3, -0.25) is 0 Å². The van der Waals surface area contributed by atoms with Crippen LogP contribution in [0.5, 0.6) is 11.5 Å². The Balaban J connectivity index is 0.00000288. The number of benzene rings is 1. The van der Waals surface area contributed by atoms with Crippen LogP contribution in [0, 0.1) is 12.3 Å². The van der Waals surface area contributed by atoms with Crippen LogP contribution in [0.25, 0.3) is 0 Å². The molecule has 0 spiro atoms. The van der Waals surface area contributed by atoms with E-state index in [4.69, 9.17) is 9.47 Å². The molecular weight excluding hydrogens is 352 g/mol. The van der Waals surface area contributed by atoms with Crippen molar-refractivity contribution in [1.29, 1.82) is 0 Å². The average Bonchev–Trinajstić information content (AvgIpc) is 2.53. The maximum atomic E-state index is 12.7. The van der Waals surface area contributed by atoms with Gasteiger partial charge in [-0.1, -0.05) is 6.92 Å². The van der Waals surface area contributed by atoms with E-state index in [-0.39, 0.29) is 22.7 Å². The molecule has 1 saturated heterocycles. The lowest BCUT2D eigenvalue weighted by atomic mass is 9.83. The number of halogens is 1. The Kier molecular flexibility index (Phi) is 7.34. The molecule has 1 atom stereocenters. The Morgan fingerprint density at radius 2 is 1.88 bits per heavy atom. The fourth-order valence-electron chi connectivity index (χ4n) is 2.87. The van der Waals surface area contributed by atoms with Crippen LogP contribution in [0.4, 0.5) is 0 Å². The first-order valence-corrected chi connectivity index (χ1v) is 9.23. The van der Waals surface area contributed by atoms with Gasteiger partial charge in [0.05, 0.1) is 19.1 Å². The highest BCUT2D eigenvalue weighted by Gasteiger charge is 2.29. The highest BCUT2D eigenvalue weighted by atomic mass is 35.5. The minimum atomic E-state index is -3.60. The number of rotatable bonds is 6. The van der Waals surface area contributed by atoms with Crippen LogP contribution < -0.4 is 19.5 Å². The largest absolute Gasteiger partial charge is 0.493 e. The Morgan fingerprint density at radius 3 is 2.42 bits per heavy atom. The molecule has 1 aromatic rings. The number of hydrogen-bond donors (Lipinski definition) is 2. The van der Waals surface area contributed by atoms with Gasteiger partial charge in [0.15, 0.2) is 11.5 Å². The summed E-state index contributed by atoms with van der Waals surface area (Å²) in [7, 11) is -0.579. The third kappa shape index (κ3) is 4.75. The van der Waals surface area contributed by atoms with Crippen LogP contribution >= 0.6 is 12.4 Å². The Morgan fingerprint density at radius 1 is 1.25 bits per heavy atom. The zero-order chi connectivity index (χ0) is 17.1. The number of nitrogens with one attached hydrogen (secondary N) is 2. The standard InChI is InChI=1S/C16H26N2O4S.ClH/c1-12-8-13(21-3)14(22-4)9-15(12)23(19,20)18-11-16(2)6-5-7-17-10-16;/h8-9,17-18H,5-7,10-11H2,1-4H3;1H. The Labute approximate surface area is 150 Å². The molecule has 1 aromatic carbocycles. The summed E-state index contributed by atoms with van der Waals surface area (Å²) < 4.78 is 38.5. The number of aryl methyl sites for hydroxylation is 1. The topological polar surface area (TPSA) is 76.7 Å². The van der Waals surface area contributed by atoms with E-state index in [1.165, 1.54) is 20.3 Å². The molecule has 2 rings (SSSR count). The van der Waals surface area contributed by atoms with Crippen LogP contribution in [0.2, 0.25) is 0 Å². The first-order valence-electron chi connectivity index (χ1n) is 7.74. The second-order valence-corrected chi connectivity index (χ2v) is 8.12. The van der Waals surface area contributed by atoms with Gasteiger partial charge in [-0.15, -0.1) is 12.4 Å². The summed E-state index contributed by atoms with van der Waals surface area (Å²) in [6.45, 7) is 6.08. The van der Waals surface area contributed by atoms with E-state index in [1.807, 2.05) is 0 Å². The van der Waals surface area contributed by atoms with Crippen LogP contribution in [-0.2, 0) is 10.0 Å². The van der Waals surface area contributed by atoms with Gasteiger partial charge in [0.1, 0.15) is 0 Å². The maximum Gasteiger partial charge on any atom is 0.240 e. The van der Waals surface area contributed by atoms with Gasteiger partial charge in [0.2, 0.25) is 10.0 Å². The van der Waals surface area contributed by atoms with E-state index >= 15 is 0 Å². The Bertz CT molecular complexity index is 658. The number of ether oxygens (including phenoxy) is 2. The summed E-state index contributed by atoms with van der Waals surface area (Å²) in [5.74, 6) is 0.927. The van der Waals surface area contributed by atoms with Crippen molar-refractivity contribution in [2.45, 2.75) is 31.6 Å². The van der Waals surface area contributed by atoms with Crippen molar-refractivity contribution in [2.75, 3.05) is 33.9 Å². The smallest absolute Gasteiger partial charge is 0.240 e. The first kappa shape index (κ1) is 21.0. The minimum Gasteiger partial charge on any atom is -0.493 e. The zero-order valence-corrected chi connectivity index (χ0v) is 16.3. The molecule has 0 radical (unpaired) electrons. The molecule has 6 nitrogen and oxygen atoms in total. The van der Waals surface area contributed by atoms with E-state index < -0.39 is 10.0 Å². The maximum absolute atomic E-state index is 12.7. The predicted molar refractivity (Wildman–Crippen MR) is 96.9 cm³/mol. The van der Waals surface area contributed by atoms with Crippen molar-refractivity contribution in [1.82, 2.24) is 10.0 Å². The highest BCUT2D eigenvalue weighted by molar-refractivity contribution is 7.89. The predicted octanol–water partition coefficient (Wildman–Crippen LogP) is 2.10. The van der Waals surface area contributed by atoms with Crippen molar-refractivity contribution in [3.63, 3.8) is 0 Å². The molecule has 1 heterocycles. The van der Waals surface area contributed by atoms with Crippen molar-refractivity contribution < 1.29 is 17.9 Å². The second kappa shape index (κ2) is 8.38. The van der Waals surface area contributed by atoms with E-state index in [0.29, 0.717) is 23.6 Å². The number of sulfonamides is 1. The van der Waals surface area contributed by atoms with Crippen molar-refractivity contribution in [3.8, 4) is 11.5 Å². The minimum absolute atomic E-state index is 0. The van der Waals surface area contributed by atoms with Gasteiger partial charge >= 0.3 is 0 Å². The summed E-state index contributed by atoms with van der Waals surface area (Å²) >= 11 is 0. The summed E-state index contributed by atoms with van der Waals surface area (Å²) in [5.41, 5.74) is 0.567. The second-order valence-electron chi connectivity index (χ2n) is 6.39. The molecule has 0 amide bonds. The zero-order valence-electron chi connectivity index (χ0n) is 14.6.